The zero-order valence-corrected chi connectivity index (χ0v) is 16.3. The van der Waals surface area contributed by atoms with Crippen LogP contribution in [0.25, 0.3) is 17.5 Å². The van der Waals surface area contributed by atoms with Gasteiger partial charge in [-0.3, -0.25) is 14.6 Å². The van der Waals surface area contributed by atoms with Gasteiger partial charge in [-0.05, 0) is 32.2 Å². The molecule has 150 valence electrons. The van der Waals surface area contributed by atoms with E-state index in [4.69, 9.17) is 10.7 Å². The molecule has 1 aromatic heterocycles. The van der Waals surface area contributed by atoms with E-state index in [9.17, 15) is 9.59 Å². The first-order chi connectivity index (χ1) is 14.1. The van der Waals surface area contributed by atoms with Crippen LogP contribution < -0.4 is 5.73 Å². The number of carbonyl (C=O) groups excluding carboxylic acids is 2. The topological polar surface area (TPSA) is 93.6 Å². The SMILES string of the molecule is C=CC(=O)N1CCCC1c1nc(-c2ccc(C=O)cc2)c(CCN)n1/C=C\N=C. The molecule has 1 atom stereocenters. The van der Waals surface area contributed by atoms with Crippen LogP contribution in [0.2, 0.25) is 0 Å². The number of nitrogens with zero attached hydrogens (tertiary/aromatic N) is 4. The van der Waals surface area contributed by atoms with E-state index in [-0.39, 0.29) is 11.9 Å². The molecule has 7 heteroatoms. The van der Waals surface area contributed by atoms with Crippen LogP contribution in [0.3, 0.4) is 0 Å². The van der Waals surface area contributed by atoms with Gasteiger partial charge < -0.3 is 15.2 Å². The van der Waals surface area contributed by atoms with Gasteiger partial charge in [-0.2, -0.15) is 0 Å². The van der Waals surface area contributed by atoms with Gasteiger partial charge in [0.1, 0.15) is 12.1 Å². The smallest absolute Gasteiger partial charge is 0.246 e. The molecular formula is C22H25N5O2. The third-order valence-corrected chi connectivity index (χ3v) is 5.07. The first-order valence-corrected chi connectivity index (χ1v) is 9.56. The molecule has 0 radical (unpaired) electrons. The van der Waals surface area contributed by atoms with Crippen molar-refractivity contribution in [1.29, 1.82) is 0 Å². The minimum atomic E-state index is -0.158. The molecule has 0 aliphatic carbocycles. The van der Waals surface area contributed by atoms with E-state index in [1.807, 2.05) is 16.7 Å². The predicted octanol–water partition coefficient (Wildman–Crippen LogP) is 2.84. The highest BCUT2D eigenvalue weighted by atomic mass is 16.2. The van der Waals surface area contributed by atoms with Crippen LogP contribution in [-0.4, -0.2) is 46.5 Å². The van der Waals surface area contributed by atoms with E-state index in [0.717, 1.165) is 41.9 Å². The van der Waals surface area contributed by atoms with E-state index in [0.29, 0.717) is 25.1 Å². The van der Waals surface area contributed by atoms with E-state index in [1.165, 1.54) is 6.08 Å². The Morgan fingerprint density at radius 3 is 2.72 bits per heavy atom. The molecule has 2 N–H and O–H groups in total. The van der Waals surface area contributed by atoms with Crippen molar-refractivity contribution in [3.8, 4) is 11.3 Å². The van der Waals surface area contributed by atoms with Crippen molar-refractivity contribution >= 4 is 25.1 Å². The lowest BCUT2D eigenvalue weighted by atomic mass is 10.1. The van der Waals surface area contributed by atoms with Crippen LogP contribution in [0.4, 0.5) is 0 Å². The maximum Gasteiger partial charge on any atom is 0.246 e. The van der Waals surface area contributed by atoms with Gasteiger partial charge in [0, 0.05) is 36.5 Å². The van der Waals surface area contributed by atoms with Gasteiger partial charge in [0.2, 0.25) is 5.91 Å². The maximum absolute atomic E-state index is 12.4. The Morgan fingerprint density at radius 2 is 2.10 bits per heavy atom. The minimum absolute atomic E-state index is 0.106. The molecule has 0 bridgehead atoms. The number of likely N-dealkylation sites (tertiary alicyclic amines) is 1. The lowest BCUT2D eigenvalue weighted by Gasteiger charge is -2.23. The molecule has 1 aliphatic heterocycles. The predicted molar refractivity (Wildman–Crippen MR) is 115 cm³/mol. The summed E-state index contributed by atoms with van der Waals surface area (Å²) in [6, 6.07) is 7.11. The fourth-order valence-corrected chi connectivity index (χ4v) is 3.74. The monoisotopic (exact) mass is 391 g/mol. The van der Waals surface area contributed by atoms with Crippen molar-refractivity contribution in [3.63, 3.8) is 0 Å². The number of aldehydes is 1. The highest BCUT2D eigenvalue weighted by Crippen LogP contribution is 2.35. The van der Waals surface area contributed by atoms with Gasteiger partial charge in [0.25, 0.3) is 0 Å². The van der Waals surface area contributed by atoms with Crippen LogP contribution in [0.15, 0.2) is 48.1 Å². The summed E-state index contributed by atoms with van der Waals surface area (Å²) in [6.45, 7) is 8.25. The number of amides is 1. The van der Waals surface area contributed by atoms with Gasteiger partial charge in [0.05, 0.1) is 17.4 Å². The summed E-state index contributed by atoms with van der Waals surface area (Å²) in [6.07, 6.45) is 7.86. The van der Waals surface area contributed by atoms with E-state index < -0.39 is 0 Å². The molecule has 29 heavy (non-hydrogen) atoms. The zero-order chi connectivity index (χ0) is 20.8. The molecule has 1 saturated heterocycles. The number of aromatic nitrogens is 2. The molecule has 1 fully saturated rings. The van der Waals surface area contributed by atoms with Gasteiger partial charge in [-0.25, -0.2) is 4.98 Å². The van der Waals surface area contributed by atoms with E-state index in [2.05, 4.69) is 18.3 Å². The summed E-state index contributed by atoms with van der Waals surface area (Å²) in [4.78, 5) is 33.9. The standard InChI is InChI=1S/C22H25N5O2/c1-3-20(29)26-13-4-5-19(26)22-25-21(17-8-6-16(15-28)7-9-17)18(10-11-23)27(22)14-12-24-2/h3,6-9,12,14-15,19H,1-2,4-5,10-11,13,23H2/b14-12-. The molecule has 0 spiro atoms. The Kier molecular flexibility index (Phi) is 6.51. The van der Waals surface area contributed by atoms with Crippen molar-refractivity contribution < 1.29 is 9.59 Å². The molecule has 7 nitrogen and oxygen atoms in total. The highest BCUT2D eigenvalue weighted by Gasteiger charge is 2.33. The van der Waals surface area contributed by atoms with Gasteiger partial charge in [-0.15, -0.1) is 0 Å². The van der Waals surface area contributed by atoms with Crippen LogP contribution >= 0.6 is 0 Å². The van der Waals surface area contributed by atoms with E-state index in [1.54, 1.807) is 29.4 Å². The van der Waals surface area contributed by atoms with Gasteiger partial charge in [0.15, 0.2) is 0 Å². The summed E-state index contributed by atoms with van der Waals surface area (Å²) in [5.41, 5.74) is 9.09. The van der Waals surface area contributed by atoms with Gasteiger partial charge >= 0.3 is 0 Å². The average Bonchev–Trinajstić information content (AvgIpc) is 3.37. The largest absolute Gasteiger partial charge is 0.330 e. The Balaban J connectivity index is 2.17. The summed E-state index contributed by atoms with van der Waals surface area (Å²) >= 11 is 0. The second kappa shape index (κ2) is 9.25. The second-order valence-corrected chi connectivity index (χ2v) is 6.79. The fraction of sp³-hybridized carbons (Fsp3) is 0.273. The second-order valence-electron chi connectivity index (χ2n) is 6.79. The molecule has 1 aliphatic rings. The molecule has 2 aromatic rings. The lowest BCUT2D eigenvalue weighted by molar-refractivity contribution is -0.127. The van der Waals surface area contributed by atoms with Crippen molar-refractivity contribution in [3.05, 3.63) is 60.2 Å². The van der Waals surface area contributed by atoms with Crippen molar-refractivity contribution in [2.24, 2.45) is 10.7 Å². The highest BCUT2D eigenvalue weighted by molar-refractivity contribution is 5.87. The van der Waals surface area contributed by atoms with Crippen LogP contribution in [0.5, 0.6) is 0 Å². The first-order valence-electron chi connectivity index (χ1n) is 9.56. The number of hydrogen-bond acceptors (Lipinski definition) is 5. The van der Waals surface area contributed by atoms with E-state index >= 15 is 0 Å². The van der Waals surface area contributed by atoms with Crippen LogP contribution in [-0.2, 0) is 11.2 Å². The Labute approximate surface area is 170 Å². The quantitative estimate of drug-likeness (QED) is 0.425. The summed E-state index contributed by atoms with van der Waals surface area (Å²) < 4.78 is 1.96. The third kappa shape index (κ3) is 4.09. The number of imidazole rings is 1. The minimum Gasteiger partial charge on any atom is -0.330 e. The third-order valence-electron chi connectivity index (χ3n) is 5.07. The molecule has 1 aromatic carbocycles. The van der Waals surface area contributed by atoms with Crippen molar-refractivity contribution in [2.45, 2.75) is 25.3 Å². The number of carbonyl (C=O) groups is 2. The Hall–Kier alpha value is -3.32. The summed E-state index contributed by atoms with van der Waals surface area (Å²) in [5.74, 6) is 0.653. The normalized spacial score (nSPS) is 16.3. The first kappa shape index (κ1) is 20.4. The molecule has 2 heterocycles. The number of hydrogen-bond donors (Lipinski definition) is 1. The molecule has 1 amide bonds. The molecule has 0 saturated carbocycles. The Bertz CT molecular complexity index is 943. The van der Waals surface area contributed by atoms with Gasteiger partial charge in [-0.1, -0.05) is 30.8 Å². The molecule has 3 rings (SSSR count). The molecule has 1 unspecified atom stereocenters. The number of aliphatic imine (C=N–C) groups is 1. The number of rotatable bonds is 8. The Morgan fingerprint density at radius 1 is 1.34 bits per heavy atom. The summed E-state index contributed by atoms with van der Waals surface area (Å²) in [7, 11) is 0. The number of benzene rings is 1. The van der Waals surface area contributed by atoms with Crippen LogP contribution in [0, 0.1) is 0 Å². The fourth-order valence-electron chi connectivity index (χ4n) is 3.74. The van der Waals surface area contributed by atoms with Crippen LogP contribution in [0.1, 0.15) is 40.8 Å². The summed E-state index contributed by atoms with van der Waals surface area (Å²) in [5, 5.41) is 0. The zero-order valence-electron chi connectivity index (χ0n) is 16.3. The average molecular weight is 391 g/mol. The number of nitrogens with two attached hydrogens (primary N) is 1. The molecular weight excluding hydrogens is 366 g/mol. The van der Waals surface area contributed by atoms with Crippen molar-refractivity contribution in [1.82, 2.24) is 14.5 Å². The maximum atomic E-state index is 12.4. The van der Waals surface area contributed by atoms with Crippen molar-refractivity contribution in [2.75, 3.05) is 13.1 Å². The lowest BCUT2D eigenvalue weighted by Crippen LogP contribution is -2.30.